The van der Waals surface area contributed by atoms with Crippen LogP contribution in [0.2, 0.25) is 0 Å². The summed E-state index contributed by atoms with van der Waals surface area (Å²) in [6.45, 7) is 0.323. The van der Waals surface area contributed by atoms with Gasteiger partial charge in [0.1, 0.15) is 22.9 Å². The number of hydrogen-bond donors (Lipinski definition) is 3. The van der Waals surface area contributed by atoms with Crippen LogP contribution in [0.3, 0.4) is 0 Å². The van der Waals surface area contributed by atoms with Gasteiger partial charge in [0.2, 0.25) is 10.0 Å². The van der Waals surface area contributed by atoms with E-state index in [1.807, 2.05) is 0 Å². The maximum atomic E-state index is 13.7. The first kappa shape index (κ1) is 15.5. The van der Waals surface area contributed by atoms with Crippen molar-refractivity contribution in [3.8, 4) is 0 Å². The fourth-order valence-corrected chi connectivity index (χ4v) is 2.97. The quantitative estimate of drug-likeness (QED) is 0.637. The fourth-order valence-electron chi connectivity index (χ4n) is 1.77. The van der Waals surface area contributed by atoms with Gasteiger partial charge >= 0.3 is 0 Å². The third kappa shape index (κ3) is 4.06. The highest BCUT2D eigenvalue weighted by Gasteiger charge is 2.18. The Bertz CT molecular complexity index is 688. The van der Waals surface area contributed by atoms with E-state index in [4.69, 9.17) is 5.73 Å². The number of H-pyrrole nitrogens is 1. The Morgan fingerprint density at radius 2 is 2.19 bits per heavy atom. The minimum atomic E-state index is -3.89. The molecule has 0 saturated heterocycles. The highest BCUT2D eigenvalue weighted by molar-refractivity contribution is 7.89. The molecule has 0 radical (unpaired) electrons. The molecule has 21 heavy (non-hydrogen) atoms. The van der Waals surface area contributed by atoms with Gasteiger partial charge in [0.25, 0.3) is 0 Å². The zero-order chi connectivity index (χ0) is 15.3. The van der Waals surface area contributed by atoms with E-state index in [-0.39, 0.29) is 18.0 Å². The Morgan fingerprint density at radius 1 is 1.38 bits per heavy atom. The first-order chi connectivity index (χ1) is 10.0. The van der Waals surface area contributed by atoms with Crippen molar-refractivity contribution in [3.63, 3.8) is 0 Å². The molecule has 4 N–H and O–H groups in total. The Hall–Kier alpha value is -1.84. The third-order valence-electron chi connectivity index (χ3n) is 2.87. The number of nitrogens with zero attached hydrogens (tertiary/aromatic N) is 2. The number of nitrogens with one attached hydrogen (secondary N) is 2. The summed E-state index contributed by atoms with van der Waals surface area (Å²) in [5, 5.41) is 6.37. The van der Waals surface area contributed by atoms with Crippen LogP contribution >= 0.6 is 0 Å². The highest BCUT2D eigenvalue weighted by Crippen LogP contribution is 2.16. The third-order valence-corrected chi connectivity index (χ3v) is 4.34. The van der Waals surface area contributed by atoms with E-state index in [0.717, 1.165) is 6.07 Å². The van der Waals surface area contributed by atoms with Crippen LogP contribution < -0.4 is 10.5 Å². The molecule has 9 heteroatoms. The normalized spacial score (nSPS) is 11.7. The van der Waals surface area contributed by atoms with E-state index in [9.17, 15) is 12.8 Å². The number of halogens is 1. The molecular weight excluding hydrogens is 297 g/mol. The standard InChI is InChI=1S/C12H16FN5O2S/c13-10-4-3-9(7-14)6-11(10)21(19,20)17-5-1-2-12-15-8-16-18-12/h3-4,6,8,17H,1-2,5,7,14H2,(H,15,16,18). The molecule has 0 fully saturated rings. The van der Waals surface area contributed by atoms with Crippen LogP contribution in [0.25, 0.3) is 0 Å². The van der Waals surface area contributed by atoms with E-state index < -0.39 is 15.8 Å². The number of aromatic amines is 1. The molecule has 0 unspecified atom stereocenters. The molecule has 0 aliphatic rings. The lowest BCUT2D eigenvalue weighted by atomic mass is 10.2. The fraction of sp³-hybridized carbons (Fsp3) is 0.333. The Kier molecular flexibility index (Phi) is 4.99. The van der Waals surface area contributed by atoms with Crippen LogP contribution in [-0.2, 0) is 23.0 Å². The summed E-state index contributed by atoms with van der Waals surface area (Å²) in [5.41, 5.74) is 5.99. The van der Waals surface area contributed by atoms with Crippen molar-refractivity contribution in [1.82, 2.24) is 19.9 Å². The summed E-state index contributed by atoms with van der Waals surface area (Å²) in [4.78, 5) is 3.54. The molecule has 0 atom stereocenters. The Labute approximate surface area is 121 Å². The average molecular weight is 313 g/mol. The number of sulfonamides is 1. The van der Waals surface area contributed by atoms with E-state index in [1.54, 1.807) is 0 Å². The molecule has 1 aromatic heterocycles. The summed E-state index contributed by atoms with van der Waals surface area (Å²) in [6, 6.07) is 3.80. The van der Waals surface area contributed by atoms with Gasteiger partial charge in [0, 0.05) is 19.5 Å². The van der Waals surface area contributed by atoms with Gasteiger partial charge in [-0.1, -0.05) is 6.07 Å². The number of aromatic nitrogens is 3. The molecule has 2 aromatic rings. The van der Waals surface area contributed by atoms with Crippen molar-refractivity contribution in [3.05, 3.63) is 41.7 Å². The molecule has 0 amide bonds. The van der Waals surface area contributed by atoms with Crippen LogP contribution in [0, 0.1) is 5.82 Å². The number of rotatable bonds is 7. The van der Waals surface area contributed by atoms with Crippen LogP contribution in [-0.4, -0.2) is 30.1 Å². The molecule has 0 aliphatic heterocycles. The molecule has 2 rings (SSSR count). The second-order valence-corrected chi connectivity index (χ2v) is 6.14. The summed E-state index contributed by atoms with van der Waals surface area (Å²) in [7, 11) is -3.89. The minimum Gasteiger partial charge on any atom is -0.326 e. The van der Waals surface area contributed by atoms with Crippen LogP contribution in [0.1, 0.15) is 17.8 Å². The van der Waals surface area contributed by atoms with Crippen molar-refractivity contribution in [1.29, 1.82) is 0 Å². The lowest BCUT2D eigenvalue weighted by Crippen LogP contribution is -2.26. The van der Waals surface area contributed by atoms with Crippen LogP contribution in [0.4, 0.5) is 4.39 Å². The van der Waals surface area contributed by atoms with Crippen molar-refractivity contribution in [2.75, 3.05) is 6.54 Å². The molecule has 1 heterocycles. The monoisotopic (exact) mass is 313 g/mol. The Balaban J connectivity index is 1.98. The Morgan fingerprint density at radius 3 is 2.86 bits per heavy atom. The van der Waals surface area contributed by atoms with Gasteiger partial charge in [0.05, 0.1) is 0 Å². The molecule has 1 aromatic carbocycles. The van der Waals surface area contributed by atoms with Gasteiger partial charge < -0.3 is 5.73 Å². The second-order valence-electron chi connectivity index (χ2n) is 4.40. The number of benzene rings is 1. The van der Waals surface area contributed by atoms with Gasteiger partial charge in [-0.15, -0.1) is 0 Å². The summed E-state index contributed by atoms with van der Waals surface area (Å²) in [6.07, 6.45) is 2.45. The first-order valence-corrected chi connectivity index (χ1v) is 7.83. The molecular formula is C12H16FN5O2S. The minimum absolute atomic E-state index is 0.147. The van der Waals surface area contributed by atoms with Gasteiger partial charge in [-0.25, -0.2) is 22.5 Å². The number of nitrogens with two attached hydrogens (primary N) is 1. The van der Waals surface area contributed by atoms with Gasteiger partial charge in [-0.2, -0.15) is 5.10 Å². The molecule has 0 aliphatic carbocycles. The van der Waals surface area contributed by atoms with E-state index >= 15 is 0 Å². The molecule has 0 spiro atoms. The molecule has 114 valence electrons. The predicted octanol–water partition coefficient (Wildman–Crippen LogP) is 0.314. The largest absolute Gasteiger partial charge is 0.326 e. The summed E-state index contributed by atoms with van der Waals surface area (Å²) < 4.78 is 40.1. The van der Waals surface area contributed by atoms with Crippen molar-refractivity contribution in [2.24, 2.45) is 5.73 Å². The van der Waals surface area contributed by atoms with Gasteiger partial charge in [-0.3, -0.25) is 5.10 Å². The van der Waals surface area contributed by atoms with Crippen molar-refractivity contribution in [2.45, 2.75) is 24.3 Å². The maximum Gasteiger partial charge on any atom is 0.243 e. The summed E-state index contributed by atoms with van der Waals surface area (Å²) in [5.74, 6) is -0.125. The van der Waals surface area contributed by atoms with Crippen LogP contribution in [0.15, 0.2) is 29.4 Å². The maximum absolute atomic E-state index is 13.7. The number of aryl methyl sites for hydroxylation is 1. The molecule has 0 bridgehead atoms. The molecule has 7 nitrogen and oxygen atoms in total. The first-order valence-electron chi connectivity index (χ1n) is 6.35. The van der Waals surface area contributed by atoms with E-state index in [1.165, 1.54) is 18.5 Å². The SMILES string of the molecule is NCc1ccc(F)c(S(=O)(=O)NCCCc2ncn[nH]2)c1. The topological polar surface area (TPSA) is 114 Å². The zero-order valence-electron chi connectivity index (χ0n) is 11.2. The highest BCUT2D eigenvalue weighted by atomic mass is 32.2. The molecule has 0 saturated carbocycles. The van der Waals surface area contributed by atoms with E-state index in [2.05, 4.69) is 19.9 Å². The predicted molar refractivity (Wildman–Crippen MR) is 74.2 cm³/mol. The van der Waals surface area contributed by atoms with Crippen molar-refractivity contribution < 1.29 is 12.8 Å². The lowest BCUT2D eigenvalue weighted by Gasteiger charge is -2.08. The lowest BCUT2D eigenvalue weighted by molar-refractivity contribution is 0.554. The second kappa shape index (κ2) is 6.74. The van der Waals surface area contributed by atoms with Gasteiger partial charge in [0.15, 0.2) is 0 Å². The average Bonchev–Trinajstić information content (AvgIpc) is 2.97. The van der Waals surface area contributed by atoms with E-state index in [0.29, 0.717) is 24.2 Å². The smallest absolute Gasteiger partial charge is 0.243 e. The van der Waals surface area contributed by atoms with Gasteiger partial charge in [-0.05, 0) is 24.1 Å². The summed E-state index contributed by atoms with van der Waals surface area (Å²) >= 11 is 0. The van der Waals surface area contributed by atoms with Crippen LogP contribution in [0.5, 0.6) is 0 Å². The van der Waals surface area contributed by atoms with Crippen molar-refractivity contribution >= 4 is 10.0 Å². The zero-order valence-corrected chi connectivity index (χ0v) is 12.0. The number of hydrogen-bond acceptors (Lipinski definition) is 5.